The minimum atomic E-state index is -3.84. The summed E-state index contributed by atoms with van der Waals surface area (Å²) in [5, 5.41) is 14.5. The summed E-state index contributed by atoms with van der Waals surface area (Å²) in [5.41, 5.74) is 2.47. The van der Waals surface area contributed by atoms with Gasteiger partial charge in [0.15, 0.2) is 0 Å². The summed E-state index contributed by atoms with van der Waals surface area (Å²) >= 11 is 0. The van der Waals surface area contributed by atoms with Gasteiger partial charge in [0.25, 0.3) is 11.8 Å². The number of sulfonamides is 1. The highest BCUT2D eigenvalue weighted by Gasteiger charge is 2.24. The second-order valence-electron chi connectivity index (χ2n) is 9.28. The van der Waals surface area contributed by atoms with Crippen LogP contribution in [0.25, 0.3) is 11.1 Å². The van der Waals surface area contributed by atoms with Crippen LogP contribution in [0.1, 0.15) is 32.7 Å². The van der Waals surface area contributed by atoms with Gasteiger partial charge in [0.05, 0.1) is 17.6 Å². The third-order valence-corrected chi connectivity index (χ3v) is 7.48. The van der Waals surface area contributed by atoms with Crippen molar-refractivity contribution in [1.82, 2.24) is 4.90 Å². The van der Waals surface area contributed by atoms with Crippen LogP contribution in [0.4, 0.5) is 5.88 Å². The Balaban J connectivity index is 1.64. The van der Waals surface area contributed by atoms with Crippen molar-refractivity contribution < 1.29 is 32.3 Å². The van der Waals surface area contributed by atoms with Crippen LogP contribution >= 0.6 is 0 Å². The van der Waals surface area contributed by atoms with Crippen molar-refractivity contribution in [2.75, 3.05) is 25.0 Å². The standard InChI is InChI=1S/C30H29N3O7S/c1-32(27-11-6-20-40-27)29(36)25-9-4-2-7-23(25)24-8-3-5-10-26(24)30(37)33(19-17-28(34)35)18-16-21-12-14-22(15-13-21)41(31,38)39/h2-15,20H,16-19H2,1H3,(H,34,35)(H2,31,38,39). The van der Waals surface area contributed by atoms with E-state index in [1.54, 1.807) is 79.8 Å². The SMILES string of the molecule is CN(C(=O)c1ccccc1-c1ccccc1C(=O)N(CCC(=O)O)CCc1ccc(S(N)(=O)=O)cc1)c1ccco1. The van der Waals surface area contributed by atoms with Gasteiger partial charge in [0.2, 0.25) is 15.9 Å². The summed E-state index contributed by atoms with van der Waals surface area (Å²) in [4.78, 5) is 41.5. The first kappa shape index (κ1) is 29.2. The van der Waals surface area contributed by atoms with Crippen molar-refractivity contribution in [1.29, 1.82) is 0 Å². The van der Waals surface area contributed by atoms with Crippen LogP contribution in [0.2, 0.25) is 0 Å². The predicted molar refractivity (Wildman–Crippen MR) is 153 cm³/mol. The number of anilines is 1. The van der Waals surface area contributed by atoms with Crippen LogP contribution in [0.15, 0.2) is 101 Å². The molecule has 0 radical (unpaired) electrons. The van der Waals surface area contributed by atoms with Crippen LogP contribution in [0.5, 0.6) is 0 Å². The number of rotatable bonds is 11. The maximum Gasteiger partial charge on any atom is 0.305 e. The molecule has 0 aliphatic heterocycles. The van der Waals surface area contributed by atoms with Crippen LogP contribution < -0.4 is 10.0 Å². The topological polar surface area (TPSA) is 151 Å². The first-order chi connectivity index (χ1) is 19.6. The van der Waals surface area contributed by atoms with Gasteiger partial charge in [-0.2, -0.15) is 0 Å². The molecular formula is C30H29N3O7S. The Bertz CT molecular complexity index is 1650. The van der Waals surface area contributed by atoms with Gasteiger partial charge in [-0.3, -0.25) is 19.3 Å². The highest BCUT2D eigenvalue weighted by molar-refractivity contribution is 7.89. The summed E-state index contributed by atoms with van der Waals surface area (Å²) in [5.74, 6) is -1.41. The molecule has 0 aliphatic carbocycles. The molecule has 0 atom stereocenters. The summed E-state index contributed by atoms with van der Waals surface area (Å²) in [6, 6.07) is 23.1. The average Bonchev–Trinajstić information content (AvgIpc) is 3.51. The van der Waals surface area contributed by atoms with Gasteiger partial charge in [-0.05, 0) is 53.4 Å². The van der Waals surface area contributed by atoms with Crippen molar-refractivity contribution in [2.45, 2.75) is 17.7 Å². The average molecular weight is 576 g/mol. The molecule has 41 heavy (non-hydrogen) atoms. The van der Waals surface area contributed by atoms with E-state index in [0.717, 1.165) is 5.56 Å². The van der Waals surface area contributed by atoms with Crippen LogP contribution in [-0.2, 0) is 21.2 Å². The molecular weight excluding hydrogens is 546 g/mol. The largest absolute Gasteiger partial charge is 0.481 e. The molecule has 0 saturated heterocycles. The lowest BCUT2D eigenvalue weighted by molar-refractivity contribution is -0.137. The maximum atomic E-state index is 13.9. The zero-order chi connectivity index (χ0) is 29.6. The molecule has 11 heteroatoms. The van der Waals surface area contributed by atoms with Crippen LogP contribution in [0.3, 0.4) is 0 Å². The smallest absolute Gasteiger partial charge is 0.305 e. The van der Waals surface area contributed by atoms with E-state index in [1.807, 2.05) is 0 Å². The highest BCUT2D eigenvalue weighted by atomic mass is 32.2. The molecule has 0 spiro atoms. The zero-order valence-electron chi connectivity index (χ0n) is 22.3. The van der Waals surface area contributed by atoms with Crippen molar-refractivity contribution in [3.8, 4) is 11.1 Å². The summed E-state index contributed by atoms with van der Waals surface area (Å²) in [7, 11) is -2.24. The third kappa shape index (κ3) is 7.07. The number of amides is 2. The van der Waals surface area contributed by atoms with Gasteiger partial charge in [0.1, 0.15) is 0 Å². The highest BCUT2D eigenvalue weighted by Crippen LogP contribution is 2.30. The quantitative estimate of drug-likeness (QED) is 0.274. The van der Waals surface area contributed by atoms with Crippen molar-refractivity contribution in [3.63, 3.8) is 0 Å². The molecule has 212 valence electrons. The first-order valence-corrected chi connectivity index (χ1v) is 14.2. The van der Waals surface area contributed by atoms with Crippen LogP contribution in [0, 0.1) is 0 Å². The lowest BCUT2D eigenvalue weighted by Gasteiger charge is -2.24. The second kappa shape index (κ2) is 12.6. The fourth-order valence-electron chi connectivity index (χ4n) is 4.38. The zero-order valence-corrected chi connectivity index (χ0v) is 23.1. The molecule has 1 heterocycles. The third-order valence-electron chi connectivity index (χ3n) is 6.55. The van der Waals surface area contributed by atoms with Gasteiger partial charge in [0, 0.05) is 37.3 Å². The molecule has 1 aromatic heterocycles. The fourth-order valence-corrected chi connectivity index (χ4v) is 4.89. The van der Waals surface area contributed by atoms with E-state index in [1.165, 1.54) is 28.2 Å². The molecule has 2 amide bonds. The number of hydrogen-bond acceptors (Lipinski definition) is 6. The number of primary sulfonamides is 1. The molecule has 0 unspecified atom stereocenters. The normalized spacial score (nSPS) is 11.2. The van der Waals surface area contributed by atoms with Crippen molar-refractivity contribution >= 4 is 33.7 Å². The Kier molecular flexibility index (Phi) is 9.00. The molecule has 4 aromatic rings. The minimum Gasteiger partial charge on any atom is -0.481 e. The molecule has 3 N–H and O–H groups in total. The molecule has 0 aliphatic rings. The Morgan fingerprint density at radius 3 is 1.93 bits per heavy atom. The number of carbonyl (C=O) groups excluding carboxylic acids is 2. The van der Waals surface area contributed by atoms with Gasteiger partial charge >= 0.3 is 5.97 Å². The number of nitrogens with zero attached hydrogens (tertiary/aromatic N) is 2. The Labute approximate surface area is 237 Å². The fraction of sp³-hybridized carbons (Fsp3) is 0.167. The van der Waals surface area contributed by atoms with Crippen molar-refractivity contribution in [3.05, 3.63) is 108 Å². The van der Waals surface area contributed by atoms with E-state index in [2.05, 4.69) is 0 Å². The van der Waals surface area contributed by atoms with Crippen molar-refractivity contribution in [2.24, 2.45) is 5.14 Å². The number of carboxylic acids is 1. The van der Waals surface area contributed by atoms with E-state index in [-0.39, 0.29) is 30.3 Å². The predicted octanol–water partition coefficient (Wildman–Crippen LogP) is 4.03. The lowest BCUT2D eigenvalue weighted by Crippen LogP contribution is -2.35. The van der Waals surface area contributed by atoms with Gasteiger partial charge in [-0.15, -0.1) is 0 Å². The molecule has 0 fully saturated rings. The first-order valence-electron chi connectivity index (χ1n) is 12.7. The number of benzene rings is 3. The van der Waals surface area contributed by atoms with Gasteiger partial charge in [-0.25, -0.2) is 13.6 Å². The van der Waals surface area contributed by atoms with E-state index in [0.29, 0.717) is 34.6 Å². The number of aliphatic carboxylic acids is 1. The Morgan fingerprint density at radius 2 is 1.39 bits per heavy atom. The van der Waals surface area contributed by atoms with E-state index >= 15 is 0 Å². The monoisotopic (exact) mass is 575 g/mol. The number of carboxylic acid groups (broad SMARTS) is 1. The molecule has 0 saturated carbocycles. The van der Waals surface area contributed by atoms with E-state index in [9.17, 15) is 27.9 Å². The lowest BCUT2D eigenvalue weighted by atomic mass is 9.94. The van der Waals surface area contributed by atoms with Crippen LogP contribution in [-0.4, -0.2) is 56.3 Å². The number of furan rings is 1. The Morgan fingerprint density at radius 1 is 0.805 bits per heavy atom. The molecule has 10 nitrogen and oxygen atoms in total. The van der Waals surface area contributed by atoms with Gasteiger partial charge in [-0.1, -0.05) is 48.5 Å². The minimum absolute atomic E-state index is 0.0279. The van der Waals surface area contributed by atoms with E-state index < -0.39 is 21.9 Å². The van der Waals surface area contributed by atoms with Gasteiger partial charge < -0.3 is 14.4 Å². The summed E-state index contributed by atoms with van der Waals surface area (Å²) < 4.78 is 28.5. The number of hydrogen-bond donors (Lipinski definition) is 2. The summed E-state index contributed by atoms with van der Waals surface area (Å²) in [6.07, 6.45) is 1.56. The molecule has 4 rings (SSSR count). The number of carbonyl (C=O) groups is 3. The summed E-state index contributed by atoms with van der Waals surface area (Å²) in [6.45, 7) is 0.135. The second-order valence-corrected chi connectivity index (χ2v) is 10.8. The number of nitrogens with two attached hydrogens (primary N) is 1. The molecule has 3 aromatic carbocycles. The Hall–Kier alpha value is -4.74. The maximum absolute atomic E-state index is 13.9. The van der Waals surface area contributed by atoms with E-state index in [4.69, 9.17) is 9.56 Å². The molecule has 0 bridgehead atoms.